The number of carbonyl (C=O) groups excluding carboxylic acids is 2. The minimum absolute atomic E-state index is 0. The van der Waals surface area contributed by atoms with Crippen LogP contribution in [0.5, 0.6) is 0 Å². The first-order valence-corrected chi connectivity index (χ1v) is 6.45. The summed E-state index contributed by atoms with van der Waals surface area (Å²) >= 11 is 0. The van der Waals surface area contributed by atoms with Gasteiger partial charge in [0.25, 0.3) is 0 Å². The maximum Gasteiger partial charge on any atom is 0.410 e. The molecule has 0 spiro atoms. The number of likely N-dealkylation sites (tertiary alicyclic amines) is 1. The van der Waals surface area contributed by atoms with Crippen molar-refractivity contribution in [1.29, 1.82) is 0 Å². The molecule has 1 aliphatic rings. The van der Waals surface area contributed by atoms with Crippen molar-refractivity contribution in [2.24, 2.45) is 5.73 Å². The van der Waals surface area contributed by atoms with Gasteiger partial charge in [-0.3, -0.25) is 9.69 Å². The summed E-state index contributed by atoms with van der Waals surface area (Å²) in [5, 5.41) is 0. The van der Waals surface area contributed by atoms with Crippen molar-refractivity contribution in [1.82, 2.24) is 4.90 Å². The van der Waals surface area contributed by atoms with E-state index >= 15 is 0 Å². The standard InChI is InChI=1S/C14H18N2O3.ClH/c15-13(17)12-8-4-5-9-16(12)14(18)19-10-11-6-2-1-3-7-11;/h1-3,6-7,12H,4-5,8-10H2,(H2,15,17);1H. The number of rotatable bonds is 3. The highest BCUT2D eigenvalue weighted by Gasteiger charge is 2.31. The zero-order valence-electron chi connectivity index (χ0n) is 11.2. The predicted molar refractivity (Wildman–Crippen MR) is 77.4 cm³/mol. The summed E-state index contributed by atoms with van der Waals surface area (Å²) in [6, 6.07) is 8.91. The Labute approximate surface area is 124 Å². The number of carbonyl (C=O) groups is 2. The first-order valence-electron chi connectivity index (χ1n) is 6.45. The van der Waals surface area contributed by atoms with Gasteiger partial charge in [-0.25, -0.2) is 4.79 Å². The average Bonchev–Trinajstić information content (AvgIpc) is 2.46. The molecule has 110 valence electrons. The van der Waals surface area contributed by atoms with Crippen LogP contribution in [0.15, 0.2) is 30.3 Å². The fraction of sp³-hybridized carbons (Fsp3) is 0.429. The maximum atomic E-state index is 12.0. The predicted octanol–water partition coefficient (Wildman–Crippen LogP) is 2.08. The van der Waals surface area contributed by atoms with Gasteiger partial charge in [-0.2, -0.15) is 0 Å². The lowest BCUT2D eigenvalue weighted by molar-refractivity contribution is -0.123. The molecule has 1 aromatic carbocycles. The molecule has 5 nitrogen and oxygen atoms in total. The molecule has 2 N–H and O–H groups in total. The highest BCUT2D eigenvalue weighted by atomic mass is 35.5. The Bertz CT molecular complexity index is 453. The minimum Gasteiger partial charge on any atom is -0.445 e. The van der Waals surface area contributed by atoms with Crippen LogP contribution in [0.3, 0.4) is 0 Å². The van der Waals surface area contributed by atoms with Gasteiger partial charge < -0.3 is 10.5 Å². The van der Waals surface area contributed by atoms with E-state index in [1.807, 2.05) is 30.3 Å². The molecule has 2 rings (SSSR count). The summed E-state index contributed by atoms with van der Waals surface area (Å²) in [6.07, 6.45) is 1.95. The van der Waals surface area contributed by atoms with E-state index in [-0.39, 0.29) is 19.0 Å². The molecule has 0 saturated carbocycles. The monoisotopic (exact) mass is 298 g/mol. The van der Waals surface area contributed by atoms with Gasteiger partial charge in [0.2, 0.25) is 5.91 Å². The number of halogens is 1. The van der Waals surface area contributed by atoms with Gasteiger partial charge in [-0.05, 0) is 24.8 Å². The van der Waals surface area contributed by atoms with E-state index in [4.69, 9.17) is 10.5 Å². The zero-order valence-corrected chi connectivity index (χ0v) is 12.0. The second-order valence-electron chi connectivity index (χ2n) is 4.65. The van der Waals surface area contributed by atoms with Crippen LogP contribution in [-0.2, 0) is 16.1 Å². The second kappa shape index (κ2) is 7.75. The molecule has 0 bridgehead atoms. The highest BCUT2D eigenvalue weighted by Crippen LogP contribution is 2.18. The van der Waals surface area contributed by atoms with Gasteiger partial charge in [0.1, 0.15) is 12.6 Å². The summed E-state index contributed by atoms with van der Waals surface area (Å²) in [5.41, 5.74) is 6.23. The summed E-state index contributed by atoms with van der Waals surface area (Å²) < 4.78 is 5.23. The topological polar surface area (TPSA) is 72.6 Å². The van der Waals surface area contributed by atoms with Crippen molar-refractivity contribution in [3.63, 3.8) is 0 Å². The summed E-state index contributed by atoms with van der Waals surface area (Å²) in [5.74, 6) is -0.462. The summed E-state index contributed by atoms with van der Waals surface area (Å²) in [7, 11) is 0. The van der Waals surface area contributed by atoms with Crippen LogP contribution >= 0.6 is 12.4 Å². The first kappa shape index (κ1) is 16.3. The van der Waals surface area contributed by atoms with Crippen molar-refractivity contribution in [3.05, 3.63) is 35.9 Å². The van der Waals surface area contributed by atoms with E-state index in [0.717, 1.165) is 18.4 Å². The van der Waals surface area contributed by atoms with Crippen LogP contribution in [0.2, 0.25) is 0 Å². The number of nitrogens with zero attached hydrogens (tertiary/aromatic N) is 1. The number of ether oxygens (including phenoxy) is 1. The highest BCUT2D eigenvalue weighted by molar-refractivity contribution is 5.85. The molecule has 1 atom stereocenters. The third-order valence-electron chi connectivity index (χ3n) is 3.27. The molecular formula is C14H19ClN2O3. The Morgan fingerprint density at radius 2 is 1.95 bits per heavy atom. The number of piperidine rings is 1. The number of primary amides is 1. The Hall–Kier alpha value is -1.75. The lowest BCUT2D eigenvalue weighted by Gasteiger charge is -2.32. The Morgan fingerprint density at radius 1 is 1.25 bits per heavy atom. The van der Waals surface area contributed by atoms with Crippen molar-refractivity contribution in [3.8, 4) is 0 Å². The van der Waals surface area contributed by atoms with E-state index in [1.165, 1.54) is 4.90 Å². The molecule has 1 aliphatic heterocycles. The minimum atomic E-state index is -0.531. The smallest absolute Gasteiger partial charge is 0.410 e. The van der Waals surface area contributed by atoms with E-state index in [0.29, 0.717) is 13.0 Å². The molecule has 1 saturated heterocycles. The van der Waals surface area contributed by atoms with Crippen molar-refractivity contribution < 1.29 is 14.3 Å². The fourth-order valence-electron chi connectivity index (χ4n) is 2.25. The molecule has 6 heteroatoms. The van der Waals surface area contributed by atoms with E-state index in [1.54, 1.807) is 0 Å². The van der Waals surface area contributed by atoms with Crippen molar-refractivity contribution >= 4 is 24.4 Å². The van der Waals surface area contributed by atoms with Crippen LogP contribution in [-0.4, -0.2) is 29.5 Å². The first-order chi connectivity index (χ1) is 9.18. The molecule has 20 heavy (non-hydrogen) atoms. The lowest BCUT2D eigenvalue weighted by atomic mass is 10.0. The number of hydrogen-bond donors (Lipinski definition) is 1. The molecule has 0 aromatic heterocycles. The molecule has 1 fully saturated rings. The van der Waals surface area contributed by atoms with Gasteiger partial charge >= 0.3 is 6.09 Å². The Kier molecular flexibility index (Phi) is 6.31. The molecule has 1 aromatic rings. The van der Waals surface area contributed by atoms with Gasteiger partial charge in [0, 0.05) is 6.54 Å². The number of benzene rings is 1. The summed E-state index contributed by atoms with van der Waals surface area (Å²) in [6.45, 7) is 0.739. The van der Waals surface area contributed by atoms with Crippen molar-refractivity contribution in [2.75, 3.05) is 6.54 Å². The van der Waals surface area contributed by atoms with Gasteiger partial charge in [0.15, 0.2) is 0 Å². The van der Waals surface area contributed by atoms with Crippen LogP contribution in [0.4, 0.5) is 4.79 Å². The quantitative estimate of drug-likeness (QED) is 0.928. The number of amides is 2. The zero-order chi connectivity index (χ0) is 13.7. The van der Waals surface area contributed by atoms with Crippen molar-refractivity contribution in [2.45, 2.75) is 31.9 Å². The van der Waals surface area contributed by atoms with Crippen LogP contribution < -0.4 is 5.73 Å². The van der Waals surface area contributed by atoms with E-state index < -0.39 is 18.0 Å². The summed E-state index contributed by atoms with van der Waals surface area (Å²) in [4.78, 5) is 24.7. The number of hydrogen-bond acceptors (Lipinski definition) is 3. The third kappa shape index (κ3) is 4.13. The van der Waals surface area contributed by atoms with Gasteiger partial charge in [-0.1, -0.05) is 30.3 Å². The molecule has 0 radical (unpaired) electrons. The molecule has 1 unspecified atom stereocenters. The van der Waals surface area contributed by atoms with Crippen LogP contribution in [0.25, 0.3) is 0 Å². The largest absolute Gasteiger partial charge is 0.445 e. The Morgan fingerprint density at radius 3 is 2.60 bits per heavy atom. The molecule has 2 amide bonds. The van der Waals surface area contributed by atoms with E-state index in [9.17, 15) is 9.59 Å². The lowest BCUT2D eigenvalue weighted by Crippen LogP contribution is -2.50. The SMILES string of the molecule is Cl.NC(=O)C1CCCCN1C(=O)OCc1ccccc1. The Balaban J connectivity index is 0.00000200. The maximum absolute atomic E-state index is 12.0. The fourth-order valence-corrected chi connectivity index (χ4v) is 2.25. The molecule has 0 aliphatic carbocycles. The van der Waals surface area contributed by atoms with Crippen LogP contribution in [0, 0.1) is 0 Å². The van der Waals surface area contributed by atoms with Gasteiger partial charge in [-0.15, -0.1) is 12.4 Å². The normalized spacial score (nSPS) is 18.0. The van der Waals surface area contributed by atoms with Gasteiger partial charge in [0.05, 0.1) is 0 Å². The van der Waals surface area contributed by atoms with E-state index in [2.05, 4.69) is 0 Å². The number of nitrogens with two attached hydrogens (primary N) is 1. The molecule has 1 heterocycles. The third-order valence-corrected chi connectivity index (χ3v) is 3.27. The van der Waals surface area contributed by atoms with Crippen LogP contribution in [0.1, 0.15) is 24.8 Å². The average molecular weight is 299 g/mol. The second-order valence-corrected chi connectivity index (χ2v) is 4.65. The molecular weight excluding hydrogens is 280 g/mol.